The van der Waals surface area contributed by atoms with E-state index in [2.05, 4.69) is 10.4 Å². The largest absolute Gasteiger partial charge is 0.454 e. The Morgan fingerprint density at radius 2 is 1.96 bits per heavy atom. The van der Waals surface area contributed by atoms with Crippen LogP contribution in [0.2, 0.25) is 0 Å². The Morgan fingerprint density at radius 3 is 2.83 bits per heavy atom. The summed E-state index contributed by atoms with van der Waals surface area (Å²) in [7, 11) is 0. The number of ether oxygens (including phenoxy) is 2. The molecule has 2 heterocycles. The highest BCUT2D eigenvalue weighted by Gasteiger charge is 2.16. The van der Waals surface area contributed by atoms with Crippen molar-refractivity contribution in [2.75, 3.05) is 12.1 Å². The van der Waals surface area contributed by atoms with Gasteiger partial charge in [-0.15, -0.1) is 0 Å². The minimum atomic E-state index is -0.215. The van der Waals surface area contributed by atoms with Crippen molar-refractivity contribution in [3.63, 3.8) is 0 Å². The summed E-state index contributed by atoms with van der Waals surface area (Å²) in [5, 5.41) is 7.11. The van der Waals surface area contributed by atoms with E-state index in [9.17, 15) is 4.79 Å². The molecule has 24 heavy (non-hydrogen) atoms. The third-order valence-electron chi connectivity index (χ3n) is 3.71. The van der Waals surface area contributed by atoms with Crippen molar-refractivity contribution in [3.05, 3.63) is 72.1 Å². The van der Waals surface area contributed by atoms with Crippen molar-refractivity contribution < 1.29 is 14.3 Å². The van der Waals surface area contributed by atoms with Gasteiger partial charge in [-0.3, -0.25) is 9.48 Å². The second kappa shape index (κ2) is 6.08. The minimum absolute atomic E-state index is 0.187. The fourth-order valence-corrected chi connectivity index (χ4v) is 2.53. The van der Waals surface area contributed by atoms with Gasteiger partial charge in [-0.1, -0.05) is 30.3 Å². The van der Waals surface area contributed by atoms with Crippen LogP contribution in [0.1, 0.15) is 15.9 Å². The van der Waals surface area contributed by atoms with Gasteiger partial charge >= 0.3 is 0 Å². The molecule has 3 aromatic rings. The average molecular weight is 321 g/mol. The number of benzene rings is 2. The van der Waals surface area contributed by atoms with E-state index >= 15 is 0 Å². The van der Waals surface area contributed by atoms with E-state index in [-0.39, 0.29) is 12.7 Å². The van der Waals surface area contributed by atoms with E-state index in [0.29, 0.717) is 29.3 Å². The molecular formula is C18H15N3O3. The van der Waals surface area contributed by atoms with Crippen LogP contribution in [0.15, 0.2) is 60.9 Å². The van der Waals surface area contributed by atoms with Crippen LogP contribution in [0.5, 0.6) is 11.5 Å². The molecule has 1 aliphatic rings. The van der Waals surface area contributed by atoms with E-state index in [4.69, 9.17) is 9.47 Å². The van der Waals surface area contributed by atoms with Gasteiger partial charge in [-0.2, -0.15) is 5.10 Å². The Morgan fingerprint density at radius 1 is 1.12 bits per heavy atom. The quantitative estimate of drug-likeness (QED) is 0.802. The number of aromatic nitrogens is 2. The lowest BCUT2D eigenvalue weighted by Crippen LogP contribution is -2.11. The summed E-state index contributed by atoms with van der Waals surface area (Å²) in [6, 6.07) is 15.1. The van der Waals surface area contributed by atoms with Crippen molar-refractivity contribution in [1.29, 1.82) is 0 Å². The Balaban J connectivity index is 1.45. The summed E-state index contributed by atoms with van der Waals surface area (Å²) in [6.45, 7) is 0.841. The number of rotatable bonds is 4. The smallest absolute Gasteiger partial charge is 0.255 e. The van der Waals surface area contributed by atoms with Crippen molar-refractivity contribution in [2.45, 2.75) is 6.54 Å². The molecule has 1 amide bonds. The number of fused-ring (bicyclic) bond motifs is 1. The average Bonchev–Trinajstić information content (AvgIpc) is 3.24. The second-order valence-electron chi connectivity index (χ2n) is 5.43. The fourth-order valence-electron chi connectivity index (χ4n) is 2.53. The topological polar surface area (TPSA) is 65.4 Å². The molecule has 0 bridgehead atoms. The standard InChI is InChI=1S/C18H15N3O3/c22-18(14-6-7-16-17(8-14)24-12-23-16)20-15-9-19-21(11-15)10-13-4-2-1-3-5-13/h1-9,11H,10,12H2,(H,20,22). The van der Waals surface area contributed by atoms with E-state index in [1.54, 1.807) is 35.3 Å². The summed E-state index contributed by atoms with van der Waals surface area (Å²) in [5.74, 6) is 1.03. The number of amides is 1. The molecule has 0 fully saturated rings. The van der Waals surface area contributed by atoms with Gasteiger partial charge in [-0.05, 0) is 23.8 Å². The van der Waals surface area contributed by atoms with E-state index in [1.807, 2.05) is 30.3 Å². The number of nitrogens with zero attached hydrogens (tertiary/aromatic N) is 2. The van der Waals surface area contributed by atoms with Crippen molar-refractivity contribution >= 4 is 11.6 Å². The van der Waals surface area contributed by atoms with Gasteiger partial charge < -0.3 is 14.8 Å². The van der Waals surface area contributed by atoms with Crippen LogP contribution >= 0.6 is 0 Å². The summed E-state index contributed by atoms with van der Waals surface area (Å²) in [4.78, 5) is 12.3. The van der Waals surface area contributed by atoms with Crippen LogP contribution in [0.4, 0.5) is 5.69 Å². The number of nitrogens with one attached hydrogen (secondary N) is 1. The van der Waals surface area contributed by atoms with Crippen LogP contribution in [-0.4, -0.2) is 22.5 Å². The van der Waals surface area contributed by atoms with Gasteiger partial charge in [0.25, 0.3) is 5.91 Å². The zero-order chi connectivity index (χ0) is 16.4. The molecule has 0 atom stereocenters. The first-order valence-electron chi connectivity index (χ1n) is 7.55. The SMILES string of the molecule is O=C(Nc1cnn(Cc2ccccc2)c1)c1ccc2c(c1)OCO2. The van der Waals surface area contributed by atoms with Gasteiger partial charge in [0.05, 0.1) is 18.4 Å². The number of hydrogen-bond acceptors (Lipinski definition) is 4. The van der Waals surface area contributed by atoms with Crippen LogP contribution in [-0.2, 0) is 6.54 Å². The predicted molar refractivity (Wildman–Crippen MR) is 88.3 cm³/mol. The van der Waals surface area contributed by atoms with Crippen molar-refractivity contribution in [1.82, 2.24) is 9.78 Å². The molecule has 0 saturated carbocycles. The molecule has 0 spiro atoms. The number of hydrogen-bond donors (Lipinski definition) is 1. The molecule has 2 aromatic carbocycles. The van der Waals surface area contributed by atoms with Gasteiger partial charge in [0.2, 0.25) is 6.79 Å². The summed E-state index contributed by atoms with van der Waals surface area (Å²) in [5.41, 5.74) is 2.30. The van der Waals surface area contributed by atoms with Gasteiger partial charge in [0.1, 0.15) is 0 Å². The lowest BCUT2D eigenvalue weighted by atomic mass is 10.2. The lowest BCUT2D eigenvalue weighted by molar-refractivity contribution is 0.102. The third kappa shape index (κ3) is 2.94. The van der Waals surface area contributed by atoms with Crippen LogP contribution in [0.3, 0.4) is 0 Å². The molecule has 0 aliphatic carbocycles. The van der Waals surface area contributed by atoms with Crippen molar-refractivity contribution in [2.24, 2.45) is 0 Å². The molecule has 1 aromatic heterocycles. The Bertz CT molecular complexity index is 874. The zero-order valence-electron chi connectivity index (χ0n) is 12.8. The maximum atomic E-state index is 12.3. The molecule has 6 nitrogen and oxygen atoms in total. The molecule has 4 rings (SSSR count). The molecule has 6 heteroatoms. The maximum Gasteiger partial charge on any atom is 0.255 e. The molecule has 1 aliphatic heterocycles. The third-order valence-corrected chi connectivity index (χ3v) is 3.71. The summed E-state index contributed by atoms with van der Waals surface area (Å²) >= 11 is 0. The second-order valence-corrected chi connectivity index (χ2v) is 5.43. The van der Waals surface area contributed by atoms with Gasteiger partial charge in [-0.25, -0.2) is 0 Å². The van der Waals surface area contributed by atoms with E-state index in [1.165, 1.54) is 0 Å². The highest BCUT2D eigenvalue weighted by atomic mass is 16.7. The first-order valence-corrected chi connectivity index (χ1v) is 7.55. The molecule has 0 saturated heterocycles. The van der Waals surface area contributed by atoms with Crippen LogP contribution < -0.4 is 14.8 Å². The molecular weight excluding hydrogens is 306 g/mol. The first kappa shape index (κ1) is 14.3. The van der Waals surface area contributed by atoms with Crippen LogP contribution in [0.25, 0.3) is 0 Å². The molecule has 1 N–H and O–H groups in total. The molecule has 120 valence electrons. The monoisotopic (exact) mass is 321 g/mol. The fraction of sp³-hybridized carbons (Fsp3) is 0.111. The first-order chi connectivity index (χ1) is 11.8. The molecule has 0 radical (unpaired) electrons. The van der Waals surface area contributed by atoms with Crippen molar-refractivity contribution in [3.8, 4) is 11.5 Å². The Kier molecular flexibility index (Phi) is 3.63. The highest BCUT2D eigenvalue weighted by Crippen LogP contribution is 2.32. The number of carbonyl (C=O) groups excluding carboxylic acids is 1. The Hall–Kier alpha value is -3.28. The normalized spacial score (nSPS) is 12.2. The van der Waals surface area contributed by atoms with Crippen LogP contribution in [0, 0.1) is 0 Å². The van der Waals surface area contributed by atoms with E-state index < -0.39 is 0 Å². The maximum absolute atomic E-state index is 12.3. The number of carbonyl (C=O) groups is 1. The zero-order valence-corrected chi connectivity index (χ0v) is 12.8. The van der Waals surface area contributed by atoms with Gasteiger partial charge in [0.15, 0.2) is 11.5 Å². The highest BCUT2D eigenvalue weighted by molar-refractivity contribution is 6.04. The van der Waals surface area contributed by atoms with E-state index in [0.717, 1.165) is 5.56 Å². The number of anilines is 1. The lowest BCUT2D eigenvalue weighted by Gasteiger charge is -2.04. The van der Waals surface area contributed by atoms with Gasteiger partial charge in [0, 0.05) is 11.8 Å². The predicted octanol–water partition coefficient (Wildman–Crippen LogP) is 2.91. The summed E-state index contributed by atoms with van der Waals surface area (Å²) < 4.78 is 12.3. The summed E-state index contributed by atoms with van der Waals surface area (Å²) in [6.07, 6.45) is 3.44. The molecule has 0 unspecified atom stereocenters. The Labute approximate surface area is 138 Å². The minimum Gasteiger partial charge on any atom is -0.454 e.